The fourth-order valence-electron chi connectivity index (χ4n) is 1.51. The molecule has 5 heteroatoms. The number of ether oxygens (including phenoxy) is 1. The standard InChI is InChI=1S/C13H12ClNO2S/c1-15(10-5-3-9(14)4-6-10)12-8-7-11(18-12)13(16)17-2/h3-8H,1-2H3. The second-order valence-electron chi connectivity index (χ2n) is 3.66. The maximum atomic E-state index is 11.4. The van der Waals surface area contributed by atoms with Crippen molar-refractivity contribution in [2.24, 2.45) is 0 Å². The molecule has 0 aliphatic rings. The molecule has 0 bridgehead atoms. The Morgan fingerprint density at radius 1 is 1.22 bits per heavy atom. The van der Waals surface area contributed by atoms with Gasteiger partial charge in [0.05, 0.1) is 12.1 Å². The van der Waals surface area contributed by atoms with E-state index in [1.807, 2.05) is 42.3 Å². The molecule has 1 heterocycles. The van der Waals surface area contributed by atoms with Gasteiger partial charge in [-0.3, -0.25) is 0 Å². The molecular weight excluding hydrogens is 270 g/mol. The molecule has 0 aliphatic heterocycles. The smallest absolute Gasteiger partial charge is 0.348 e. The average Bonchev–Trinajstić information content (AvgIpc) is 2.87. The van der Waals surface area contributed by atoms with Crippen LogP contribution in [0.5, 0.6) is 0 Å². The summed E-state index contributed by atoms with van der Waals surface area (Å²) < 4.78 is 4.69. The number of rotatable bonds is 3. The molecule has 0 radical (unpaired) electrons. The Hall–Kier alpha value is -1.52. The van der Waals surface area contributed by atoms with E-state index < -0.39 is 0 Å². The van der Waals surface area contributed by atoms with Crippen LogP contribution in [-0.2, 0) is 4.74 Å². The molecule has 0 saturated carbocycles. The van der Waals surface area contributed by atoms with Crippen molar-refractivity contribution in [2.75, 3.05) is 19.1 Å². The fraction of sp³-hybridized carbons (Fsp3) is 0.154. The molecule has 0 amide bonds. The number of carbonyl (C=O) groups is 1. The molecule has 0 unspecified atom stereocenters. The number of halogens is 1. The highest BCUT2D eigenvalue weighted by atomic mass is 35.5. The van der Waals surface area contributed by atoms with E-state index in [0.717, 1.165) is 10.7 Å². The lowest BCUT2D eigenvalue weighted by Crippen LogP contribution is -2.07. The zero-order chi connectivity index (χ0) is 13.1. The maximum absolute atomic E-state index is 11.4. The number of carbonyl (C=O) groups excluding carboxylic acids is 1. The van der Waals surface area contributed by atoms with Crippen LogP contribution in [0.1, 0.15) is 9.67 Å². The van der Waals surface area contributed by atoms with Gasteiger partial charge in [-0.05, 0) is 36.4 Å². The van der Waals surface area contributed by atoms with Crippen molar-refractivity contribution in [3.63, 3.8) is 0 Å². The normalized spacial score (nSPS) is 10.2. The number of benzene rings is 1. The summed E-state index contributed by atoms with van der Waals surface area (Å²) in [4.78, 5) is 14.0. The molecule has 3 nitrogen and oxygen atoms in total. The quantitative estimate of drug-likeness (QED) is 0.798. The van der Waals surface area contributed by atoms with Crippen LogP contribution in [0.3, 0.4) is 0 Å². The van der Waals surface area contributed by atoms with Crippen molar-refractivity contribution in [3.05, 3.63) is 46.3 Å². The highest BCUT2D eigenvalue weighted by Crippen LogP contribution is 2.31. The van der Waals surface area contributed by atoms with Gasteiger partial charge in [-0.1, -0.05) is 11.6 Å². The van der Waals surface area contributed by atoms with Crippen molar-refractivity contribution in [3.8, 4) is 0 Å². The van der Waals surface area contributed by atoms with Crippen molar-refractivity contribution < 1.29 is 9.53 Å². The van der Waals surface area contributed by atoms with E-state index >= 15 is 0 Å². The molecule has 2 rings (SSSR count). The van der Waals surface area contributed by atoms with Gasteiger partial charge in [0, 0.05) is 17.8 Å². The molecular formula is C13H12ClNO2S. The Kier molecular flexibility index (Phi) is 3.89. The topological polar surface area (TPSA) is 29.5 Å². The second kappa shape index (κ2) is 5.42. The number of esters is 1. The van der Waals surface area contributed by atoms with Crippen molar-refractivity contribution in [1.82, 2.24) is 0 Å². The lowest BCUT2D eigenvalue weighted by atomic mass is 10.3. The predicted molar refractivity (Wildman–Crippen MR) is 75.2 cm³/mol. The van der Waals surface area contributed by atoms with Crippen LogP contribution in [0, 0.1) is 0 Å². The molecule has 0 atom stereocenters. The van der Waals surface area contributed by atoms with E-state index in [-0.39, 0.29) is 5.97 Å². The molecule has 18 heavy (non-hydrogen) atoms. The monoisotopic (exact) mass is 281 g/mol. The minimum absolute atomic E-state index is 0.309. The van der Waals surface area contributed by atoms with E-state index in [4.69, 9.17) is 11.6 Å². The largest absolute Gasteiger partial charge is 0.465 e. The molecule has 94 valence electrons. The summed E-state index contributed by atoms with van der Waals surface area (Å²) in [5.41, 5.74) is 1.01. The van der Waals surface area contributed by atoms with Gasteiger partial charge in [0.1, 0.15) is 4.88 Å². The van der Waals surface area contributed by atoms with Gasteiger partial charge in [0.25, 0.3) is 0 Å². The minimum Gasteiger partial charge on any atom is -0.465 e. The maximum Gasteiger partial charge on any atom is 0.348 e. The Morgan fingerprint density at radius 2 is 1.89 bits per heavy atom. The van der Waals surface area contributed by atoms with Crippen LogP contribution in [0.15, 0.2) is 36.4 Å². The van der Waals surface area contributed by atoms with Gasteiger partial charge in [0.15, 0.2) is 0 Å². The Balaban J connectivity index is 2.23. The predicted octanol–water partition coefficient (Wildman–Crippen LogP) is 3.96. The molecule has 0 spiro atoms. The van der Waals surface area contributed by atoms with Crippen molar-refractivity contribution in [2.45, 2.75) is 0 Å². The molecule has 0 saturated heterocycles. The summed E-state index contributed by atoms with van der Waals surface area (Å²) >= 11 is 7.24. The van der Waals surface area contributed by atoms with E-state index in [0.29, 0.717) is 9.90 Å². The molecule has 2 aromatic rings. The van der Waals surface area contributed by atoms with Crippen LogP contribution >= 0.6 is 22.9 Å². The highest BCUT2D eigenvalue weighted by molar-refractivity contribution is 7.17. The zero-order valence-electron chi connectivity index (χ0n) is 10.0. The first-order valence-electron chi connectivity index (χ1n) is 5.29. The minimum atomic E-state index is -0.309. The number of thiophene rings is 1. The van der Waals surface area contributed by atoms with Gasteiger partial charge in [-0.25, -0.2) is 4.79 Å². The van der Waals surface area contributed by atoms with Crippen molar-refractivity contribution >= 4 is 39.6 Å². The number of anilines is 2. The lowest BCUT2D eigenvalue weighted by Gasteiger charge is -2.16. The van der Waals surface area contributed by atoms with Gasteiger partial charge >= 0.3 is 5.97 Å². The summed E-state index contributed by atoms with van der Waals surface area (Å²) in [5.74, 6) is -0.309. The molecule has 0 fully saturated rings. The fourth-order valence-corrected chi connectivity index (χ4v) is 2.54. The molecule has 0 N–H and O–H groups in total. The Morgan fingerprint density at radius 3 is 2.50 bits per heavy atom. The van der Waals surface area contributed by atoms with Crippen LogP contribution in [0.25, 0.3) is 0 Å². The van der Waals surface area contributed by atoms with E-state index in [9.17, 15) is 4.79 Å². The summed E-state index contributed by atoms with van der Waals surface area (Å²) in [6.07, 6.45) is 0. The summed E-state index contributed by atoms with van der Waals surface area (Å²) in [5, 5.41) is 1.67. The van der Waals surface area contributed by atoms with Crippen LogP contribution in [0.4, 0.5) is 10.7 Å². The highest BCUT2D eigenvalue weighted by Gasteiger charge is 2.12. The molecule has 1 aromatic carbocycles. The summed E-state index contributed by atoms with van der Waals surface area (Å²) in [6, 6.07) is 11.2. The Labute approximate surface area is 115 Å². The number of hydrogen-bond acceptors (Lipinski definition) is 4. The van der Waals surface area contributed by atoms with Gasteiger partial charge in [-0.15, -0.1) is 11.3 Å². The van der Waals surface area contributed by atoms with Gasteiger partial charge in [-0.2, -0.15) is 0 Å². The molecule has 1 aromatic heterocycles. The van der Waals surface area contributed by atoms with E-state index in [2.05, 4.69) is 4.74 Å². The van der Waals surface area contributed by atoms with Crippen LogP contribution < -0.4 is 4.90 Å². The van der Waals surface area contributed by atoms with E-state index in [1.54, 1.807) is 6.07 Å². The van der Waals surface area contributed by atoms with Crippen molar-refractivity contribution in [1.29, 1.82) is 0 Å². The second-order valence-corrected chi connectivity index (χ2v) is 5.16. The number of hydrogen-bond donors (Lipinski definition) is 0. The van der Waals surface area contributed by atoms with E-state index in [1.165, 1.54) is 18.4 Å². The first-order valence-corrected chi connectivity index (χ1v) is 6.48. The SMILES string of the molecule is COC(=O)c1ccc(N(C)c2ccc(Cl)cc2)s1. The van der Waals surface area contributed by atoms with Crippen LogP contribution in [-0.4, -0.2) is 20.1 Å². The molecule has 0 aliphatic carbocycles. The van der Waals surface area contributed by atoms with Gasteiger partial charge in [0.2, 0.25) is 0 Å². The average molecular weight is 282 g/mol. The lowest BCUT2D eigenvalue weighted by molar-refractivity contribution is 0.0606. The number of nitrogens with zero attached hydrogens (tertiary/aromatic N) is 1. The first kappa shape index (κ1) is 12.9. The van der Waals surface area contributed by atoms with Crippen LogP contribution in [0.2, 0.25) is 5.02 Å². The third kappa shape index (κ3) is 2.66. The third-order valence-electron chi connectivity index (χ3n) is 2.52. The third-order valence-corrected chi connectivity index (χ3v) is 3.92. The summed E-state index contributed by atoms with van der Waals surface area (Å²) in [6.45, 7) is 0. The Bertz CT molecular complexity index is 550. The summed E-state index contributed by atoms with van der Waals surface area (Å²) in [7, 11) is 3.32. The zero-order valence-corrected chi connectivity index (χ0v) is 11.6. The van der Waals surface area contributed by atoms with Gasteiger partial charge < -0.3 is 9.64 Å². The number of methoxy groups -OCH3 is 1. The first-order chi connectivity index (χ1) is 8.61.